The highest BCUT2D eigenvalue weighted by Crippen LogP contribution is 2.57. The Morgan fingerprint density at radius 1 is 1.35 bits per heavy atom. The summed E-state index contributed by atoms with van der Waals surface area (Å²) in [5.41, 5.74) is 2.94. The Morgan fingerprint density at radius 3 is 2.65 bits per heavy atom. The molecular weight excluding hydrogens is 208 g/mol. The maximum Gasteiger partial charge on any atom is 0.169 e. The van der Waals surface area contributed by atoms with Gasteiger partial charge in [-0.25, -0.2) is 0 Å². The molecule has 0 N–H and O–H groups in total. The van der Waals surface area contributed by atoms with E-state index in [4.69, 9.17) is 0 Å². The van der Waals surface area contributed by atoms with Crippen LogP contribution >= 0.6 is 0 Å². The van der Waals surface area contributed by atoms with Crippen molar-refractivity contribution in [3.63, 3.8) is 0 Å². The summed E-state index contributed by atoms with van der Waals surface area (Å²) < 4.78 is 0. The zero-order valence-corrected chi connectivity index (χ0v) is 10.1. The highest BCUT2D eigenvalue weighted by Gasteiger charge is 2.54. The predicted molar refractivity (Wildman–Crippen MR) is 69.4 cm³/mol. The number of allylic oxidation sites excluding steroid dienone is 2. The molecule has 2 aliphatic rings. The fraction of sp³-hybridized carbons (Fsp3) is 0.312. The summed E-state index contributed by atoms with van der Waals surface area (Å²) in [6.07, 6.45) is 4.10. The van der Waals surface area contributed by atoms with Crippen LogP contribution in [0.1, 0.15) is 25.3 Å². The van der Waals surface area contributed by atoms with E-state index in [1.165, 1.54) is 0 Å². The van der Waals surface area contributed by atoms with E-state index in [0.717, 1.165) is 29.6 Å². The van der Waals surface area contributed by atoms with Crippen molar-refractivity contribution in [3.8, 4) is 0 Å². The number of Topliss-reactive ketones (excluding diaryl/α,β-unsaturated/α-hetero) is 1. The van der Waals surface area contributed by atoms with Crippen LogP contribution in [-0.2, 0) is 4.79 Å². The molecule has 0 heterocycles. The minimum atomic E-state index is -0.273. The molecule has 1 heteroatoms. The van der Waals surface area contributed by atoms with Gasteiger partial charge >= 0.3 is 0 Å². The minimum Gasteiger partial charge on any atom is -0.294 e. The van der Waals surface area contributed by atoms with E-state index >= 15 is 0 Å². The Labute approximate surface area is 102 Å². The quantitative estimate of drug-likeness (QED) is 0.526. The van der Waals surface area contributed by atoms with Crippen LogP contribution in [-0.4, -0.2) is 5.78 Å². The molecule has 0 spiro atoms. The maximum atomic E-state index is 12.4. The molecular formula is C16H16O. The van der Waals surface area contributed by atoms with E-state index < -0.39 is 0 Å². The second-order valence-electron chi connectivity index (χ2n) is 5.29. The van der Waals surface area contributed by atoms with Gasteiger partial charge in [-0.15, -0.1) is 0 Å². The number of fused-ring (bicyclic) bond motifs is 2. The highest BCUT2D eigenvalue weighted by molar-refractivity contribution is 6.10. The molecule has 3 rings (SSSR count). The van der Waals surface area contributed by atoms with Gasteiger partial charge in [-0.3, -0.25) is 4.79 Å². The third-order valence-electron chi connectivity index (χ3n) is 4.32. The summed E-state index contributed by atoms with van der Waals surface area (Å²) in [5, 5.41) is 0. The number of ketones is 1. The number of carbonyl (C=O) groups excluding carboxylic acids is 1. The molecule has 1 aromatic rings. The molecule has 1 nitrogen and oxygen atoms in total. The fourth-order valence-corrected chi connectivity index (χ4v) is 3.13. The van der Waals surface area contributed by atoms with Gasteiger partial charge < -0.3 is 0 Å². The summed E-state index contributed by atoms with van der Waals surface area (Å²) in [6, 6.07) is 10.1. The molecule has 0 aliphatic heterocycles. The second kappa shape index (κ2) is 3.43. The lowest BCUT2D eigenvalue weighted by Gasteiger charge is -2.19. The van der Waals surface area contributed by atoms with Gasteiger partial charge in [-0.05, 0) is 31.4 Å². The Hall–Kier alpha value is -1.63. The summed E-state index contributed by atoms with van der Waals surface area (Å²) in [4.78, 5) is 12.4. The van der Waals surface area contributed by atoms with Crippen LogP contribution in [0.4, 0.5) is 0 Å². The Bertz CT molecular complexity index is 524. The van der Waals surface area contributed by atoms with Gasteiger partial charge in [0, 0.05) is 11.5 Å². The molecule has 0 aromatic heterocycles. The Morgan fingerprint density at radius 2 is 2.06 bits per heavy atom. The van der Waals surface area contributed by atoms with Crippen LogP contribution in [0.3, 0.4) is 0 Å². The van der Waals surface area contributed by atoms with Gasteiger partial charge in [0.2, 0.25) is 0 Å². The van der Waals surface area contributed by atoms with Gasteiger partial charge in [-0.1, -0.05) is 42.5 Å². The van der Waals surface area contributed by atoms with Gasteiger partial charge in [0.25, 0.3) is 0 Å². The molecule has 86 valence electrons. The van der Waals surface area contributed by atoms with Crippen LogP contribution in [0, 0.1) is 11.3 Å². The monoisotopic (exact) mass is 224 g/mol. The molecule has 17 heavy (non-hydrogen) atoms. The lowest BCUT2D eigenvalue weighted by molar-refractivity contribution is -0.121. The van der Waals surface area contributed by atoms with Crippen molar-refractivity contribution in [1.29, 1.82) is 0 Å². The SMILES string of the molecule is C=C1C2CCC1(C)C(=O)/C2=C/c1ccccc1. The molecule has 0 saturated heterocycles. The minimum absolute atomic E-state index is 0.273. The first-order valence-electron chi connectivity index (χ1n) is 6.13. The van der Waals surface area contributed by atoms with Crippen LogP contribution in [0.15, 0.2) is 48.1 Å². The molecule has 0 radical (unpaired) electrons. The lowest BCUT2D eigenvalue weighted by atomic mass is 9.82. The summed E-state index contributed by atoms with van der Waals surface area (Å²) in [5.74, 6) is 0.593. The number of benzene rings is 1. The number of hydrogen-bond acceptors (Lipinski definition) is 1. The molecule has 2 fully saturated rings. The Balaban J connectivity index is 2.05. The van der Waals surface area contributed by atoms with Crippen LogP contribution < -0.4 is 0 Å². The highest BCUT2D eigenvalue weighted by atomic mass is 16.1. The Kier molecular flexibility index (Phi) is 2.12. The average molecular weight is 224 g/mol. The van der Waals surface area contributed by atoms with Crippen LogP contribution in [0.25, 0.3) is 6.08 Å². The van der Waals surface area contributed by atoms with Crippen molar-refractivity contribution in [2.24, 2.45) is 11.3 Å². The van der Waals surface area contributed by atoms with E-state index in [9.17, 15) is 4.79 Å². The smallest absolute Gasteiger partial charge is 0.169 e. The van der Waals surface area contributed by atoms with E-state index in [2.05, 4.69) is 6.58 Å². The van der Waals surface area contributed by atoms with Crippen LogP contribution in [0.2, 0.25) is 0 Å². The molecule has 0 amide bonds. The first-order valence-corrected chi connectivity index (χ1v) is 6.13. The predicted octanol–water partition coefficient (Wildman–Crippen LogP) is 3.63. The molecule has 2 saturated carbocycles. The number of hydrogen-bond donors (Lipinski definition) is 0. The standard InChI is InChI=1S/C16H16O/c1-11-13-8-9-16(11,2)15(17)14(13)10-12-6-4-3-5-7-12/h3-7,10,13H,1,8-9H2,2H3/b14-10+. The van der Waals surface area contributed by atoms with Crippen LogP contribution in [0.5, 0.6) is 0 Å². The van der Waals surface area contributed by atoms with E-state index in [1.807, 2.05) is 43.3 Å². The van der Waals surface area contributed by atoms with Crippen molar-refractivity contribution < 1.29 is 4.79 Å². The van der Waals surface area contributed by atoms with E-state index in [1.54, 1.807) is 0 Å². The van der Waals surface area contributed by atoms with Crippen molar-refractivity contribution in [2.45, 2.75) is 19.8 Å². The van der Waals surface area contributed by atoms with Gasteiger partial charge in [0.1, 0.15) is 0 Å². The summed E-state index contributed by atoms with van der Waals surface area (Å²) in [7, 11) is 0. The van der Waals surface area contributed by atoms with Gasteiger partial charge in [0.05, 0.1) is 5.41 Å². The second-order valence-corrected chi connectivity index (χ2v) is 5.29. The lowest BCUT2D eigenvalue weighted by Crippen LogP contribution is -2.23. The van der Waals surface area contributed by atoms with Gasteiger partial charge in [-0.2, -0.15) is 0 Å². The third-order valence-corrected chi connectivity index (χ3v) is 4.32. The fourth-order valence-electron chi connectivity index (χ4n) is 3.13. The number of carbonyl (C=O) groups is 1. The molecule has 2 aliphatic carbocycles. The normalized spacial score (nSPS) is 33.7. The van der Waals surface area contributed by atoms with Crippen molar-refractivity contribution in [3.05, 3.63) is 53.6 Å². The van der Waals surface area contributed by atoms with Gasteiger partial charge in [0.15, 0.2) is 5.78 Å². The molecule has 2 bridgehead atoms. The largest absolute Gasteiger partial charge is 0.294 e. The molecule has 1 aromatic carbocycles. The maximum absolute atomic E-state index is 12.4. The zero-order chi connectivity index (χ0) is 12.0. The average Bonchev–Trinajstić information content (AvgIpc) is 2.72. The van der Waals surface area contributed by atoms with Crippen molar-refractivity contribution in [1.82, 2.24) is 0 Å². The van der Waals surface area contributed by atoms with Crippen molar-refractivity contribution in [2.75, 3.05) is 0 Å². The topological polar surface area (TPSA) is 17.1 Å². The summed E-state index contributed by atoms with van der Waals surface area (Å²) >= 11 is 0. The first kappa shape index (κ1) is 10.5. The molecule has 2 atom stereocenters. The van der Waals surface area contributed by atoms with E-state index in [0.29, 0.717) is 11.7 Å². The summed E-state index contributed by atoms with van der Waals surface area (Å²) in [6.45, 7) is 6.18. The van der Waals surface area contributed by atoms with Crippen molar-refractivity contribution >= 4 is 11.9 Å². The first-order chi connectivity index (χ1) is 8.13. The van der Waals surface area contributed by atoms with E-state index in [-0.39, 0.29) is 5.41 Å². The molecule has 2 unspecified atom stereocenters. The zero-order valence-electron chi connectivity index (χ0n) is 10.1. The number of rotatable bonds is 1. The third kappa shape index (κ3) is 1.35.